The fourth-order valence-electron chi connectivity index (χ4n) is 3.21. The number of anilines is 3. The number of benzene rings is 1. The molecule has 2 amide bonds. The molecule has 2 radical (unpaired) electrons. The van der Waals surface area contributed by atoms with Crippen LogP contribution in [-0.4, -0.2) is 73.7 Å². The number of rotatable bonds is 11. The molecule has 4 rings (SSSR count). The zero-order chi connectivity index (χ0) is 25.7. The predicted molar refractivity (Wildman–Crippen MR) is 134 cm³/mol. The van der Waals surface area contributed by atoms with Crippen LogP contribution in [0.15, 0.2) is 36.5 Å². The second-order valence-corrected chi connectivity index (χ2v) is 8.76. The van der Waals surface area contributed by atoms with Crippen molar-refractivity contribution in [2.24, 2.45) is 5.92 Å². The van der Waals surface area contributed by atoms with E-state index >= 15 is 0 Å². The molecule has 0 bridgehead atoms. The molecule has 0 unspecified atom stereocenters. The Labute approximate surface area is 212 Å². The van der Waals surface area contributed by atoms with Gasteiger partial charge in [0.2, 0.25) is 5.91 Å². The van der Waals surface area contributed by atoms with E-state index < -0.39 is 11.7 Å². The molecule has 36 heavy (non-hydrogen) atoms. The molecular weight excluding hydrogens is 485 g/mol. The summed E-state index contributed by atoms with van der Waals surface area (Å²) in [7, 11) is 5.07. The molecule has 13 nitrogen and oxygen atoms in total. The molecule has 2 heterocycles. The average Bonchev–Trinajstić information content (AvgIpc) is 3.57. The van der Waals surface area contributed by atoms with Crippen molar-refractivity contribution in [1.82, 2.24) is 35.2 Å². The maximum atomic E-state index is 12.6. The zero-order valence-corrected chi connectivity index (χ0v) is 20.1. The second kappa shape index (κ2) is 11.0. The first-order valence-corrected chi connectivity index (χ1v) is 12.2. The van der Waals surface area contributed by atoms with E-state index in [9.17, 15) is 19.8 Å². The van der Waals surface area contributed by atoms with Crippen molar-refractivity contribution in [3.8, 4) is 11.3 Å². The van der Waals surface area contributed by atoms with Gasteiger partial charge in [0.05, 0.1) is 18.4 Å². The topological polar surface area (TPSA) is 179 Å². The van der Waals surface area contributed by atoms with Crippen molar-refractivity contribution < 1.29 is 19.8 Å². The Kier molecular flexibility index (Phi) is 7.83. The van der Waals surface area contributed by atoms with Gasteiger partial charge in [0.15, 0.2) is 25.2 Å². The van der Waals surface area contributed by atoms with Crippen LogP contribution in [0.3, 0.4) is 0 Å². The Bertz CT molecular complexity index is 1250. The number of nitrogens with zero attached hydrogens (tertiary/aromatic N) is 5. The molecular formula is C21H24BN9O4S. The second-order valence-electron chi connectivity index (χ2n) is 8.07. The summed E-state index contributed by atoms with van der Waals surface area (Å²) in [6.45, 7) is 1.32. The maximum absolute atomic E-state index is 12.6. The SMILES string of the molecule is [B]C(O)(O)NC(=O)c1nnc(NC(=O)C2CC2)cc1Nc1cccc(-c2cnn(CCNSC)n2)c1. The van der Waals surface area contributed by atoms with Crippen LogP contribution < -0.4 is 20.7 Å². The van der Waals surface area contributed by atoms with Crippen molar-refractivity contribution in [2.75, 3.05) is 23.4 Å². The van der Waals surface area contributed by atoms with Crippen LogP contribution in [0.4, 0.5) is 17.2 Å². The Balaban J connectivity index is 1.58. The van der Waals surface area contributed by atoms with Gasteiger partial charge in [-0.25, -0.2) is 0 Å². The van der Waals surface area contributed by atoms with Crippen LogP contribution in [0.1, 0.15) is 23.3 Å². The number of aromatic nitrogens is 5. The van der Waals surface area contributed by atoms with Crippen molar-refractivity contribution in [3.05, 3.63) is 42.2 Å². The Morgan fingerprint density at radius 2 is 2.06 bits per heavy atom. The highest BCUT2D eigenvalue weighted by Gasteiger charge is 2.30. The van der Waals surface area contributed by atoms with Crippen LogP contribution in [0.25, 0.3) is 11.3 Å². The lowest BCUT2D eigenvalue weighted by Gasteiger charge is -2.19. The molecule has 3 aromatic rings. The summed E-state index contributed by atoms with van der Waals surface area (Å²) < 4.78 is 3.13. The monoisotopic (exact) mass is 509 g/mol. The van der Waals surface area contributed by atoms with Gasteiger partial charge >= 0.3 is 0 Å². The van der Waals surface area contributed by atoms with Gasteiger partial charge in [0, 0.05) is 29.8 Å². The first-order chi connectivity index (χ1) is 17.2. The summed E-state index contributed by atoms with van der Waals surface area (Å²) in [6.07, 6.45) is 5.21. The summed E-state index contributed by atoms with van der Waals surface area (Å²) in [5, 5.41) is 42.7. The lowest BCUT2D eigenvalue weighted by molar-refractivity contribution is -0.117. The Morgan fingerprint density at radius 1 is 1.25 bits per heavy atom. The molecule has 1 aliphatic carbocycles. The van der Waals surface area contributed by atoms with E-state index in [1.165, 1.54) is 18.0 Å². The third-order valence-corrected chi connectivity index (χ3v) is 5.53. The normalized spacial score (nSPS) is 13.3. The predicted octanol–water partition coefficient (Wildman–Crippen LogP) is 0.189. The lowest BCUT2D eigenvalue weighted by atomic mass is 10.0. The average molecular weight is 509 g/mol. The molecule has 186 valence electrons. The van der Waals surface area contributed by atoms with Gasteiger partial charge in [-0.15, -0.1) is 10.2 Å². The van der Waals surface area contributed by atoms with Gasteiger partial charge < -0.3 is 26.2 Å². The fourth-order valence-corrected chi connectivity index (χ4v) is 3.51. The molecule has 1 aliphatic rings. The zero-order valence-electron chi connectivity index (χ0n) is 19.3. The van der Waals surface area contributed by atoms with E-state index in [4.69, 9.17) is 7.85 Å². The van der Waals surface area contributed by atoms with Gasteiger partial charge in [-0.3, -0.25) is 14.3 Å². The number of carbonyl (C=O) groups excluding carboxylic acids is 2. The van der Waals surface area contributed by atoms with E-state index in [0.717, 1.165) is 18.4 Å². The molecule has 0 spiro atoms. The van der Waals surface area contributed by atoms with Crippen LogP contribution in [0, 0.1) is 5.92 Å². The maximum Gasteiger partial charge on any atom is 0.277 e. The van der Waals surface area contributed by atoms with E-state index in [2.05, 4.69) is 35.8 Å². The van der Waals surface area contributed by atoms with Crippen molar-refractivity contribution in [2.45, 2.75) is 25.2 Å². The fraction of sp³-hybridized carbons (Fsp3) is 0.333. The van der Waals surface area contributed by atoms with Crippen LogP contribution in [0.5, 0.6) is 0 Å². The van der Waals surface area contributed by atoms with Crippen LogP contribution in [0.2, 0.25) is 0 Å². The molecule has 1 aromatic carbocycles. The minimum absolute atomic E-state index is 0.0607. The van der Waals surface area contributed by atoms with Gasteiger partial charge in [-0.05, 0) is 31.2 Å². The molecule has 0 saturated heterocycles. The Morgan fingerprint density at radius 3 is 2.78 bits per heavy atom. The number of carbonyl (C=O) groups is 2. The summed E-state index contributed by atoms with van der Waals surface area (Å²) in [4.78, 5) is 26.3. The number of aliphatic hydroxyl groups is 2. The standard InChI is InChI=1S/C21H24BN9O4S/c1-36-24-7-8-31-23-11-16(30-31)13-3-2-4-14(9-13)25-15-10-17(26-19(32)12-5-6-12)28-29-18(15)20(33)27-21(22,34)35/h2-4,9-12,24,34-35H,5-8H2,1H3,(H,27,33)(H2,25,26,28,32). The van der Waals surface area contributed by atoms with E-state index in [1.54, 1.807) is 34.5 Å². The summed E-state index contributed by atoms with van der Waals surface area (Å²) in [5.41, 5.74) is 1.88. The molecule has 0 aliphatic heterocycles. The quantitative estimate of drug-likeness (QED) is 0.0899. The number of amides is 2. The highest BCUT2D eigenvalue weighted by atomic mass is 32.2. The number of nitrogens with one attached hydrogen (secondary N) is 4. The van der Waals surface area contributed by atoms with E-state index in [1.807, 2.05) is 12.3 Å². The first-order valence-electron chi connectivity index (χ1n) is 11.0. The minimum Gasteiger partial charge on any atom is -0.358 e. The van der Waals surface area contributed by atoms with Gasteiger partial charge in [0.1, 0.15) is 5.69 Å². The van der Waals surface area contributed by atoms with Crippen molar-refractivity contribution in [3.63, 3.8) is 0 Å². The van der Waals surface area contributed by atoms with E-state index in [-0.39, 0.29) is 29.0 Å². The minimum atomic E-state index is -2.95. The largest absolute Gasteiger partial charge is 0.358 e. The smallest absolute Gasteiger partial charge is 0.277 e. The molecule has 15 heteroatoms. The molecule has 1 saturated carbocycles. The molecule has 0 atom stereocenters. The first kappa shape index (κ1) is 25.6. The van der Waals surface area contributed by atoms with Gasteiger partial charge in [0.25, 0.3) is 5.91 Å². The lowest BCUT2D eigenvalue weighted by Crippen LogP contribution is -2.49. The summed E-state index contributed by atoms with van der Waals surface area (Å²) in [5.74, 6) is -4.05. The highest BCUT2D eigenvalue weighted by Crippen LogP contribution is 2.31. The Hall–Kier alpha value is -3.53. The van der Waals surface area contributed by atoms with Crippen molar-refractivity contribution >= 4 is 48.8 Å². The highest BCUT2D eigenvalue weighted by molar-refractivity contribution is 7.96. The summed E-state index contributed by atoms with van der Waals surface area (Å²) >= 11 is 1.52. The molecule has 1 fully saturated rings. The third kappa shape index (κ3) is 7.01. The van der Waals surface area contributed by atoms with Crippen molar-refractivity contribution in [1.29, 1.82) is 0 Å². The molecule has 6 N–H and O–H groups in total. The van der Waals surface area contributed by atoms with Gasteiger partial charge in [-0.1, -0.05) is 24.1 Å². The number of hydrogen-bond donors (Lipinski definition) is 6. The molecule has 2 aromatic heterocycles. The summed E-state index contributed by atoms with van der Waals surface area (Å²) in [6, 6.07) is 8.63. The third-order valence-electron chi connectivity index (χ3n) is 5.04. The van der Waals surface area contributed by atoms with Crippen LogP contribution in [-0.2, 0) is 11.3 Å². The number of hydrogen-bond acceptors (Lipinski definition) is 11. The van der Waals surface area contributed by atoms with Gasteiger partial charge in [-0.2, -0.15) is 15.0 Å². The van der Waals surface area contributed by atoms with Crippen LogP contribution >= 0.6 is 11.9 Å². The van der Waals surface area contributed by atoms with E-state index in [0.29, 0.717) is 24.5 Å².